The molecule has 11 heteroatoms. The van der Waals surface area contributed by atoms with Gasteiger partial charge in [0.05, 0.1) is 38.1 Å². The van der Waals surface area contributed by atoms with Gasteiger partial charge in [-0.25, -0.2) is 9.78 Å². The van der Waals surface area contributed by atoms with E-state index in [1.54, 1.807) is 49.4 Å². The van der Waals surface area contributed by atoms with Crippen LogP contribution < -0.4 is 19.1 Å². The summed E-state index contributed by atoms with van der Waals surface area (Å²) < 4.78 is 22.5. The van der Waals surface area contributed by atoms with Crippen molar-refractivity contribution in [2.45, 2.75) is 52.7 Å². The van der Waals surface area contributed by atoms with Gasteiger partial charge in [-0.05, 0) is 73.4 Å². The molecule has 250 valence electrons. The van der Waals surface area contributed by atoms with Gasteiger partial charge < -0.3 is 24.1 Å². The zero-order chi connectivity index (χ0) is 34.4. The standard InChI is InChI=1S/C37H38N2O8S/c1-6-7-10-19-46-28-18-15-25(20-29(28)44-4)31-30(33(41)35(42)39(31)37-38-23(3)34(48-37)36(43)45-5)32(40)24-13-16-27(17-14-24)47-21-26-12-9-8-11-22(26)2/h8-9,11-18,20,31,40H,6-7,10,19,21H2,1-5H3/b32-30+. The van der Waals surface area contributed by atoms with E-state index in [0.717, 1.165) is 41.7 Å². The number of amides is 1. The molecular formula is C37H38N2O8S. The Morgan fingerprint density at radius 1 is 0.958 bits per heavy atom. The molecule has 1 aliphatic rings. The number of carbonyl (C=O) groups is 3. The highest BCUT2D eigenvalue weighted by Crippen LogP contribution is 2.45. The third-order valence-corrected chi connectivity index (χ3v) is 9.24. The Hall–Kier alpha value is -5.16. The van der Waals surface area contributed by atoms with Gasteiger partial charge in [0.2, 0.25) is 0 Å². The minimum atomic E-state index is -1.10. The van der Waals surface area contributed by atoms with Gasteiger partial charge in [-0.1, -0.05) is 61.4 Å². The monoisotopic (exact) mass is 670 g/mol. The number of esters is 1. The van der Waals surface area contributed by atoms with Crippen LogP contribution in [0.15, 0.2) is 72.3 Å². The third kappa shape index (κ3) is 7.06. The van der Waals surface area contributed by atoms with Crippen molar-refractivity contribution in [3.63, 3.8) is 0 Å². The lowest BCUT2D eigenvalue weighted by atomic mass is 9.95. The van der Waals surface area contributed by atoms with Crippen LogP contribution in [-0.4, -0.2) is 48.6 Å². The lowest BCUT2D eigenvalue weighted by Gasteiger charge is -2.24. The number of Topliss-reactive ketones (excluding diaryl/α,β-unsaturated/α-hetero) is 1. The van der Waals surface area contributed by atoms with E-state index in [2.05, 4.69) is 11.9 Å². The van der Waals surface area contributed by atoms with E-state index in [4.69, 9.17) is 18.9 Å². The molecule has 48 heavy (non-hydrogen) atoms. The molecule has 1 N–H and O–H groups in total. The number of ketones is 1. The molecule has 0 spiro atoms. The second-order valence-electron chi connectivity index (χ2n) is 11.3. The molecule has 1 saturated heterocycles. The number of aromatic nitrogens is 1. The normalized spacial score (nSPS) is 15.4. The average molecular weight is 671 g/mol. The smallest absolute Gasteiger partial charge is 0.350 e. The Morgan fingerprint density at radius 3 is 2.40 bits per heavy atom. The molecule has 4 aromatic rings. The van der Waals surface area contributed by atoms with Gasteiger partial charge in [-0.2, -0.15) is 0 Å². The fraction of sp³-hybridized carbons (Fsp3) is 0.297. The maximum absolute atomic E-state index is 13.7. The van der Waals surface area contributed by atoms with Crippen molar-refractivity contribution in [2.24, 2.45) is 0 Å². The second kappa shape index (κ2) is 15.2. The predicted octanol–water partition coefficient (Wildman–Crippen LogP) is 7.33. The fourth-order valence-corrected chi connectivity index (χ4v) is 6.43. The average Bonchev–Trinajstić information content (AvgIpc) is 3.61. The van der Waals surface area contributed by atoms with Crippen molar-refractivity contribution in [3.05, 3.63) is 105 Å². The van der Waals surface area contributed by atoms with Crippen LogP contribution in [0.2, 0.25) is 0 Å². The molecule has 1 aliphatic heterocycles. The minimum absolute atomic E-state index is 0.109. The first-order chi connectivity index (χ1) is 23.2. The zero-order valence-corrected chi connectivity index (χ0v) is 28.4. The summed E-state index contributed by atoms with van der Waals surface area (Å²) in [6.45, 7) is 6.61. The number of aliphatic hydroxyl groups is 1. The Kier molecular flexibility index (Phi) is 10.8. The van der Waals surface area contributed by atoms with E-state index in [-0.39, 0.29) is 21.3 Å². The first-order valence-corrected chi connectivity index (χ1v) is 16.4. The molecule has 0 bridgehead atoms. The molecule has 0 radical (unpaired) electrons. The van der Waals surface area contributed by atoms with Gasteiger partial charge in [0, 0.05) is 5.56 Å². The number of rotatable bonds is 13. The minimum Gasteiger partial charge on any atom is -0.507 e. The van der Waals surface area contributed by atoms with Gasteiger partial charge in [0.15, 0.2) is 16.6 Å². The number of aryl methyl sites for hydroxylation is 2. The number of anilines is 1. The van der Waals surface area contributed by atoms with Crippen LogP contribution in [0, 0.1) is 13.8 Å². The van der Waals surface area contributed by atoms with E-state index in [1.165, 1.54) is 19.1 Å². The van der Waals surface area contributed by atoms with Gasteiger partial charge in [-0.3, -0.25) is 14.5 Å². The Labute approximate surface area is 283 Å². The van der Waals surface area contributed by atoms with Crippen LogP contribution in [0.3, 0.4) is 0 Å². The number of hydrogen-bond donors (Lipinski definition) is 1. The number of unbranched alkanes of at least 4 members (excludes halogenated alkanes) is 2. The third-order valence-electron chi connectivity index (χ3n) is 8.10. The topological polar surface area (TPSA) is 124 Å². The summed E-state index contributed by atoms with van der Waals surface area (Å²) in [5, 5.41) is 11.8. The summed E-state index contributed by atoms with van der Waals surface area (Å²) in [5.74, 6) is -1.30. The first kappa shape index (κ1) is 34.2. The Balaban J connectivity index is 1.55. The zero-order valence-electron chi connectivity index (χ0n) is 27.6. The van der Waals surface area contributed by atoms with Crippen LogP contribution in [0.5, 0.6) is 17.2 Å². The van der Waals surface area contributed by atoms with Gasteiger partial charge in [0.25, 0.3) is 5.78 Å². The molecule has 1 fully saturated rings. The van der Waals surface area contributed by atoms with Gasteiger partial charge in [-0.15, -0.1) is 0 Å². The predicted molar refractivity (Wildman–Crippen MR) is 183 cm³/mol. The largest absolute Gasteiger partial charge is 0.507 e. The molecule has 0 aliphatic carbocycles. The van der Waals surface area contributed by atoms with Crippen LogP contribution in [0.1, 0.15) is 69.8 Å². The lowest BCUT2D eigenvalue weighted by molar-refractivity contribution is -0.132. The summed E-state index contributed by atoms with van der Waals surface area (Å²) in [6.07, 6.45) is 2.95. The highest BCUT2D eigenvalue weighted by Gasteiger charge is 2.48. The van der Waals surface area contributed by atoms with E-state index < -0.39 is 23.7 Å². The van der Waals surface area contributed by atoms with Crippen LogP contribution in [-0.2, 0) is 20.9 Å². The van der Waals surface area contributed by atoms with E-state index in [9.17, 15) is 19.5 Å². The number of thiazole rings is 1. The molecule has 1 amide bonds. The fourth-order valence-electron chi connectivity index (χ4n) is 5.42. The number of hydrogen-bond acceptors (Lipinski definition) is 10. The number of aliphatic hydroxyl groups excluding tert-OH is 1. The quantitative estimate of drug-likeness (QED) is 0.0512. The van der Waals surface area contributed by atoms with E-state index in [1.807, 2.05) is 31.2 Å². The molecule has 1 aromatic heterocycles. The summed E-state index contributed by atoms with van der Waals surface area (Å²) in [6, 6.07) is 18.6. The molecule has 10 nitrogen and oxygen atoms in total. The summed E-state index contributed by atoms with van der Waals surface area (Å²) in [4.78, 5) is 45.8. The maximum Gasteiger partial charge on any atom is 0.350 e. The molecule has 3 aromatic carbocycles. The van der Waals surface area contributed by atoms with Crippen molar-refractivity contribution in [1.82, 2.24) is 4.98 Å². The summed E-state index contributed by atoms with van der Waals surface area (Å²) >= 11 is 0.929. The molecule has 1 unspecified atom stereocenters. The number of ether oxygens (including phenoxy) is 4. The van der Waals surface area contributed by atoms with Crippen LogP contribution in [0.25, 0.3) is 5.76 Å². The first-order valence-electron chi connectivity index (χ1n) is 15.6. The summed E-state index contributed by atoms with van der Waals surface area (Å²) in [5.41, 5.74) is 3.15. The van der Waals surface area contributed by atoms with Crippen molar-refractivity contribution >= 4 is 39.9 Å². The van der Waals surface area contributed by atoms with Crippen LogP contribution >= 0.6 is 11.3 Å². The maximum atomic E-state index is 13.7. The molecule has 1 atom stereocenters. The highest BCUT2D eigenvalue weighted by molar-refractivity contribution is 7.17. The number of nitrogens with zero attached hydrogens (tertiary/aromatic N) is 2. The lowest BCUT2D eigenvalue weighted by Crippen LogP contribution is -2.29. The van der Waals surface area contributed by atoms with Crippen LogP contribution in [0.4, 0.5) is 5.13 Å². The van der Waals surface area contributed by atoms with Crippen molar-refractivity contribution in [3.8, 4) is 17.2 Å². The number of methoxy groups -OCH3 is 2. The number of carbonyl (C=O) groups excluding carboxylic acids is 3. The van der Waals surface area contributed by atoms with Gasteiger partial charge >= 0.3 is 11.9 Å². The molecular weight excluding hydrogens is 632 g/mol. The van der Waals surface area contributed by atoms with E-state index >= 15 is 0 Å². The van der Waals surface area contributed by atoms with Crippen molar-refractivity contribution < 1.29 is 38.4 Å². The highest BCUT2D eigenvalue weighted by atomic mass is 32.1. The Morgan fingerprint density at radius 2 is 1.71 bits per heavy atom. The molecule has 0 saturated carbocycles. The Bertz CT molecular complexity index is 1850. The summed E-state index contributed by atoms with van der Waals surface area (Å²) in [7, 11) is 2.76. The van der Waals surface area contributed by atoms with E-state index in [0.29, 0.717) is 47.3 Å². The molecule has 2 heterocycles. The van der Waals surface area contributed by atoms with Crippen molar-refractivity contribution in [1.29, 1.82) is 0 Å². The van der Waals surface area contributed by atoms with Gasteiger partial charge in [0.1, 0.15) is 23.0 Å². The second-order valence-corrected chi connectivity index (χ2v) is 12.3. The van der Waals surface area contributed by atoms with Crippen molar-refractivity contribution in [2.75, 3.05) is 25.7 Å². The number of benzene rings is 3. The SMILES string of the molecule is CCCCCOc1ccc(C2/C(=C(\O)c3ccc(OCc4ccccc4C)cc3)C(=O)C(=O)N2c2nc(C)c(C(=O)OC)s2)cc1OC. The molecule has 5 rings (SSSR count).